The van der Waals surface area contributed by atoms with Crippen molar-refractivity contribution in [2.45, 2.75) is 6.42 Å². The Morgan fingerprint density at radius 3 is 2.96 bits per heavy atom. The van der Waals surface area contributed by atoms with Gasteiger partial charge in [0.15, 0.2) is 0 Å². The molecule has 1 saturated heterocycles. The molecule has 0 spiro atoms. The molecule has 1 aliphatic heterocycles. The maximum atomic E-state index is 12.4. The maximum absolute atomic E-state index is 12.4. The molecule has 1 aliphatic rings. The first-order valence-electron chi connectivity index (χ1n) is 7.25. The molecule has 4 rings (SSSR count). The number of nitriles is 1. The number of amides is 1. The quantitative estimate of drug-likeness (QED) is 0.726. The summed E-state index contributed by atoms with van der Waals surface area (Å²) < 4.78 is 6.16. The average Bonchev–Trinajstić information content (AvgIpc) is 3.25. The minimum atomic E-state index is -0.543. The number of nitrogens with zero attached hydrogens (tertiary/aromatic N) is 5. The van der Waals surface area contributed by atoms with E-state index in [0.717, 1.165) is 27.7 Å². The zero-order chi connectivity index (χ0) is 16.0. The smallest absolute Gasteiger partial charge is 0.244 e. The van der Waals surface area contributed by atoms with E-state index in [-0.39, 0.29) is 5.91 Å². The largest absolute Gasteiger partial charge is 0.310 e. The van der Waals surface area contributed by atoms with Crippen LogP contribution >= 0.6 is 11.5 Å². The van der Waals surface area contributed by atoms with E-state index in [1.54, 1.807) is 15.8 Å². The summed E-state index contributed by atoms with van der Waals surface area (Å²) in [6.07, 6.45) is 4.30. The van der Waals surface area contributed by atoms with Gasteiger partial charge in [-0.1, -0.05) is 0 Å². The second-order valence-corrected chi connectivity index (χ2v) is 6.23. The van der Waals surface area contributed by atoms with Gasteiger partial charge in [0.1, 0.15) is 5.92 Å². The van der Waals surface area contributed by atoms with Crippen LogP contribution in [0.4, 0.5) is 5.69 Å². The number of carbonyl (C=O) groups is 1. The fraction of sp³-hybridized carbons (Fsp3) is 0.250. The molecule has 1 unspecified atom stereocenters. The third-order valence-electron chi connectivity index (χ3n) is 4.15. The van der Waals surface area contributed by atoms with Gasteiger partial charge in [-0.25, -0.2) is 0 Å². The number of hydrogen-bond donors (Lipinski definition) is 0. The minimum absolute atomic E-state index is 0.122. The summed E-state index contributed by atoms with van der Waals surface area (Å²) in [5, 5.41) is 16.2. The highest BCUT2D eigenvalue weighted by Crippen LogP contribution is 2.36. The lowest BCUT2D eigenvalue weighted by Crippen LogP contribution is -2.26. The zero-order valence-electron chi connectivity index (χ0n) is 12.4. The second kappa shape index (κ2) is 5.18. The molecule has 23 heavy (non-hydrogen) atoms. The molecule has 6 nitrogen and oxygen atoms in total. The molecule has 0 N–H and O–H groups in total. The number of benzene rings is 1. The molecule has 0 bridgehead atoms. The molecule has 0 radical (unpaired) electrons. The van der Waals surface area contributed by atoms with E-state index in [2.05, 4.69) is 15.5 Å². The SMILES string of the molecule is Cn1cc(-c2cc(N3CCC(C#N)C3=O)c3csnc3c2)cn1. The first-order valence-corrected chi connectivity index (χ1v) is 8.09. The normalized spacial score (nSPS) is 17.8. The van der Waals surface area contributed by atoms with Crippen LogP contribution in [0.1, 0.15) is 6.42 Å². The van der Waals surface area contributed by atoms with Crippen LogP contribution in [0.15, 0.2) is 29.9 Å². The highest BCUT2D eigenvalue weighted by atomic mass is 32.1. The van der Waals surface area contributed by atoms with Crippen LogP contribution in [-0.4, -0.2) is 26.6 Å². The Labute approximate surface area is 136 Å². The molecule has 2 aromatic heterocycles. The highest BCUT2D eigenvalue weighted by molar-refractivity contribution is 7.04. The predicted molar refractivity (Wildman–Crippen MR) is 87.9 cm³/mol. The van der Waals surface area contributed by atoms with Crippen LogP contribution in [0.3, 0.4) is 0 Å². The number of fused-ring (bicyclic) bond motifs is 1. The van der Waals surface area contributed by atoms with Crippen molar-refractivity contribution in [3.8, 4) is 17.2 Å². The Kier molecular flexibility index (Phi) is 3.13. The van der Waals surface area contributed by atoms with Crippen molar-refractivity contribution >= 4 is 34.0 Å². The summed E-state index contributed by atoms with van der Waals surface area (Å²) in [6.45, 7) is 0.568. The van der Waals surface area contributed by atoms with Crippen molar-refractivity contribution in [3.63, 3.8) is 0 Å². The van der Waals surface area contributed by atoms with Gasteiger partial charge in [0.2, 0.25) is 5.91 Å². The van der Waals surface area contributed by atoms with Crippen LogP contribution in [-0.2, 0) is 11.8 Å². The van der Waals surface area contributed by atoms with Crippen molar-refractivity contribution in [1.82, 2.24) is 14.2 Å². The van der Waals surface area contributed by atoms with Crippen LogP contribution in [0.2, 0.25) is 0 Å². The van der Waals surface area contributed by atoms with E-state index in [9.17, 15) is 4.79 Å². The number of rotatable bonds is 2. The molecular formula is C16H13N5OS. The van der Waals surface area contributed by atoms with Crippen LogP contribution in [0.5, 0.6) is 0 Å². The van der Waals surface area contributed by atoms with Crippen molar-refractivity contribution in [3.05, 3.63) is 29.9 Å². The van der Waals surface area contributed by atoms with E-state index in [1.807, 2.05) is 30.8 Å². The van der Waals surface area contributed by atoms with Gasteiger partial charge in [-0.15, -0.1) is 0 Å². The van der Waals surface area contributed by atoms with Gasteiger partial charge < -0.3 is 4.90 Å². The molecule has 1 fully saturated rings. The molecule has 3 heterocycles. The van der Waals surface area contributed by atoms with E-state index in [4.69, 9.17) is 5.26 Å². The number of carbonyl (C=O) groups excluding carboxylic acids is 1. The molecular weight excluding hydrogens is 310 g/mol. The molecule has 114 valence electrons. The van der Waals surface area contributed by atoms with E-state index < -0.39 is 5.92 Å². The Balaban J connectivity index is 1.87. The van der Waals surface area contributed by atoms with E-state index in [1.165, 1.54) is 11.5 Å². The van der Waals surface area contributed by atoms with Crippen LogP contribution in [0.25, 0.3) is 22.0 Å². The van der Waals surface area contributed by atoms with Crippen molar-refractivity contribution in [2.75, 3.05) is 11.4 Å². The van der Waals surface area contributed by atoms with Crippen LogP contribution < -0.4 is 4.90 Å². The van der Waals surface area contributed by atoms with Crippen molar-refractivity contribution in [2.24, 2.45) is 13.0 Å². The highest BCUT2D eigenvalue weighted by Gasteiger charge is 2.33. The Morgan fingerprint density at radius 2 is 2.26 bits per heavy atom. The molecule has 7 heteroatoms. The zero-order valence-corrected chi connectivity index (χ0v) is 13.2. The lowest BCUT2D eigenvalue weighted by molar-refractivity contribution is -0.118. The average molecular weight is 323 g/mol. The van der Waals surface area contributed by atoms with Crippen molar-refractivity contribution in [1.29, 1.82) is 5.26 Å². The Hall–Kier alpha value is -2.72. The Morgan fingerprint density at radius 1 is 1.39 bits per heavy atom. The van der Waals surface area contributed by atoms with Crippen molar-refractivity contribution < 1.29 is 4.79 Å². The summed E-state index contributed by atoms with van der Waals surface area (Å²) in [7, 11) is 1.87. The molecule has 3 aromatic rings. The summed E-state index contributed by atoms with van der Waals surface area (Å²) in [6, 6.07) is 6.09. The topological polar surface area (TPSA) is 74.8 Å². The predicted octanol–water partition coefficient (Wildman–Crippen LogP) is 2.57. The summed E-state index contributed by atoms with van der Waals surface area (Å²) in [5.74, 6) is -0.665. The molecule has 1 amide bonds. The molecule has 0 aliphatic carbocycles. The molecule has 1 atom stereocenters. The number of hydrogen-bond acceptors (Lipinski definition) is 5. The van der Waals surface area contributed by atoms with Gasteiger partial charge in [0.25, 0.3) is 0 Å². The first-order chi connectivity index (χ1) is 11.2. The fourth-order valence-corrected chi connectivity index (χ4v) is 3.62. The standard InChI is InChI=1S/C16H13N5OS/c1-20-8-12(7-18-20)11-4-14-13(9-23-19-14)15(5-11)21-3-2-10(6-17)16(21)22/h4-5,7-10H,2-3H2,1H3. The van der Waals surface area contributed by atoms with Gasteiger partial charge in [0.05, 0.1) is 23.5 Å². The van der Waals surface area contributed by atoms with Crippen LogP contribution in [0, 0.1) is 17.2 Å². The molecule has 1 aromatic carbocycles. The van der Waals surface area contributed by atoms with Gasteiger partial charge in [-0.05, 0) is 35.6 Å². The van der Waals surface area contributed by atoms with Gasteiger partial charge in [-0.3, -0.25) is 9.48 Å². The fourth-order valence-electron chi connectivity index (χ4n) is 2.95. The second-order valence-electron chi connectivity index (χ2n) is 5.61. The summed E-state index contributed by atoms with van der Waals surface area (Å²) >= 11 is 1.37. The number of aryl methyl sites for hydroxylation is 1. The van der Waals surface area contributed by atoms with Gasteiger partial charge in [-0.2, -0.15) is 14.7 Å². The number of aromatic nitrogens is 3. The maximum Gasteiger partial charge on any atom is 0.244 e. The monoisotopic (exact) mass is 323 g/mol. The number of anilines is 1. The van der Waals surface area contributed by atoms with Gasteiger partial charge in [0, 0.05) is 36.1 Å². The first kappa shape index (κ1) is 13.9. The summed E-state index contributed by atoms with van der Waals surface area (Å²) in [5.41, 5.74) is 3.64. The summed E-state index contributed by atoms with van der Waals surface area (Å²) in [4.78, 5) is 14.1. The Bertz CT molecular complexity index is 951. The minimum Gasteiger partial charge on any atom is -0.310 e. The third-order valence-corrected chi connectivity index (χ3v) is 4.79. The third kappa shape index (κ3) is 2.19. The van der Waals surface area contributed by atoms with E-state index in [0.29, 0.717) is 13.0 Å². The van der Waals surface area contributed by atoms with Gasteiger partial charge >= 0.3 is 0 Å². The lowest BCUT2D eigenvalue weighted by Gasteiger charge is -2.18. The molecule has 0 saturated carbocycles. The van der Waals surface area contributed by atoms with E-state index >= 15 is 0 Å². The lowest BCUT2D eigenvalue weighted by atomic mass is 10.1.